The van der Waals surface area contributed by atoms with E-state index in [0.29, 0.717) is 23.9 Å². The van der Waals surface area contributed by atoms with Crippen molar-refractivity contribution in [2.75, 3.05) is 13.1 Å². The lowest BCUT2D eigenvalue weighted by Gasteiger charge is -2.44. The van der Waals surface area contributed by atoms with Crippen LogP contribution in [0.15, 0.2) is 22.7 Å². The highest BCUT2D eigenvalue weighted by Crippen LogP contribution is 2.26. The van der Waals surface area contributed by atoms with Gasteiger partial charge in [-0.1, -0.05) is 61.3 Å². The first-order valence-electron chi connectivity index (χ1n) is 7.79. The highest BCUT2D eigenvalue weighted by Gasteiger charge is 2.31. The Morgan fingerprint density at radius 3 is 2.57 bits per heavy atom. The minimum absolute atomic E-state index is 0.564. The van der Waals surface area contributed by atoms with Crippen LogP contribution in [0.25, 0.3) is 0 Å². The van der Waals surface area contributed by atoms with E-state index < -0.39 is 0 Å². The van der Waals surface area contributed by atoms with E-state index in [1.807, 2.05) is 6.07 Å². The van der Waals surface area contributed by atoms with Crippen LogP contribution < -0.4 is 5.32 Å². The van der Waals surface area contributed by atoms with Gasteiger partial charge in [-0.2, -0.15) is 0 Å². The Labute approximate surface area is 142 Å². The molecule has 1 aliphatic heterocycles. The van der Waals surface area contributed by atoms with Crippen molar-refractivity contribution in [2.45, 2.75) is 46.3 Å². The lowest BCUT2D eigenvalue weighted by Crippen LogP contribution is -2.59. The molecule has 1 N–H and O–H groups in total. The Morgan fingerprint density at radius 1 is 1.29 bits per heavy atom. The van der Waals surface area contributed by atoms with Gasteiger partial charge in [-0.15, -0.1) is 0 Å². The molecule has 0 spiro atoms. The van der Waals surface area contributed by atoms with Gasteiger partial charge < -0.3 is 5.32 Å². The number of piperazine rings is 1. The zero-order chi connectivity index (χ0) is 15.6. The topological polar surface area (TPSA) is 15.3 Å². The predicted octanol–water partition coefficient (Wildman–Crippen LogP) is 4.56. The molecular formula is C17H26BrClN2. The van der Waals surface area contributed by atoms with Crippen LogP contribution in [0.5, 0.6) is 0 Å². The first-order valence-corrected chi connectivity index (χ1v) is 8.97. The van der Waals surface area contributed by atoms with Crippen LogP contribution >= 0.6 is 27.5 Å². The lowest BCUT2D eigenvalue weighted by atomic mass is 9.94. The van der Waals surface area contributed by atoms with Crippen molar-refractivity contribution in [1.29, 1.82) is 0 Å². The number of benzene rings is 1. The molecule has 118 valence electrons. The van der Waals surface area contributed by atoms with Crippen LogP contribution in [0, 0.1) is 11.8 Å². The quantitative estimate of drug-likeness (QED) is 0.832. The van der Waals surface area contributed by atoms with E-state index in [1.165, 1.54) is 5.56 Å². The number of rotatable bonds is 4. The molecule has 2 unspecified atom stereocenters. The van der Waals surface area contributed by atoms with Gasteiger partial charge >= 0.3 is 0 Å². The van der Waals surface area contributed by atoms with Crippen LogP contribution in [0.3, 0.4) is 0 Å². The van der Waals surface area contributed by atoms with E-state index in [-0.39, 0.29) is 0 Å². The summed E-state index contributed by atoms with van der Waals surface area (Å²) in [5.74, 6) is 1.29. The van der Waals surface area contributed by atoms with Crippen molar-refractivity contribution < 1.29 is 0 Å². The molecule has 0 saturated carbocycles. The van der Waals surface area contributed by atoms with Gasteiger partial charge in [0, 0.05) is 41.2 Å². The van der Waals surface area contributed by atoms with Crippen LogP contribution in [-0.2, 0) is 6.54 Å². The molecule has 0 aliphatic carbocycles. The molecule has 0 amide bonds. The predicted molar refractivity (Wildman–Crippen MR) is 94.8 cm³/mol. The second-order valence-electron chi connectivity index (χ2n) is 6.74. The van der Waals surface area contributed by atoms with Crippen LogP contribution in [0.1, 0.15) is 33.3 Å². The van der Waals surface area contributed by atoms with Crippen molar-refractivity contribution >= 4 is 27.5 Å². The molecule has 1 aromatic rings. The van der Waals surface area contributed by atoms with Crippen molar-refractivity contribution in [3.05, 3.63) is 33.3 Å². The van der Waals surface area contributed by atoms with Crippen LogP contribution in [0.2, 0.25) is 5.02 Å². The normalized spacial score (nSPS) is 24.0. The molecule has 1 saturated heterocycles. The standard InChI is InChI=1S/C17H26BrClN2/c1-11(2)16-10-21(17(8-20-16)12(3)4)9-13-5-6-14(18)7-15(13)19/h5-7,11-12,16-17,20H,8-10H2,1-4H3. The molecule has 0 radical (unpaired) electrons. The number of hydrogen-bond donors (Lipinski definition) is 1. The molecular weight excluding hydrogens is 348 g/mol. The Morgan fingerprint density at radius 2 is 2.00 bits per heavy atom. The van der Waals surface area contributed by atoms with Crippen molar-refractivity contribution in [3.63, 3.8) is 0 Å². The Kier molecular flexibility index (Phi) is 6.13. The molecule has 0 bridgehead atoms. The third-order valence-corrected chi connectivity index (χ3v) is 5.30. The maximum atomic E-state index is 6.40. The number of nitrogens with zero attached hydrogens (tertiary/aromatic N) is 1. The van der Waals surface area contributed by atoms with Gasteiger partial charge in [0.2, 0.25) is 0 Å². The van der Waals surface area contributed by atoms with E-state index in [1.54, 1.807) is 0 Å². The van der Waals surface area contributed by atoms with Crippen LogP contribution in [0.4, 0.5) is 0 Å². The molecule has 1 fully saturated rings. The average Bonchev–Trinajstić information content (AvgIpc) is 2.41. The highest BCUT2D eigenvalue weighted by molar-refractivity contribution is 9.10. The lowest BCUT2D eigenvalue weighted by molar-refractivity contribution is 0.0784. The van der Waals surface area contributed by atoms with Gasteiger partial charge in [0.15, 0.2) is 0 Å². The van der Waals surface area contributed by atoms with E-state index in [0.717, 1.165) is 29.1 Å². The van der Waals surface area contributed by atoms with E-state index in [4.69, 9.17) is 11.6 Å². The monoisotopic (exact) mass is 372 g/mol. The summed E-state index contributed by atoms with van der Waals surface area (Å²) in [6.07, 6.45) is 0. The molecule has 1 aromatic carbocycles. The fraction of sp³-hybridized carbons (Fsp3) is 0.647. The maximum Gasteiger partial charge on any atom is 0.0462 e. The second kappa shape index (κ2) is 7.45. The fourth-order valence-corrected chi connectivity index (χ4v) is 3.74. The summed E-state index contributed by atoms with van der Waals surface area (Å²) in [5.41, 5.74) is 1.22. The van der Waals surface area contributed by atoms with Gasteiger partial charge in [-0.25, -0.2) is 0 Å². The SMILES string of the molecule is CC(C)C1CN(Cc2ccc(Br)cc2Cl)C(C(C)C)CN1. The Balaban J connectivity index is 2.15. The number of hydrogen-bond acceptors (Lipinski definition) is 2. The van der Waals surface area contributed by atoms with E-state index >= 15 is 0 Å². The summed E-state index contributed by atoms with van der Waals surface area (Å²) in [6.45, 7) is 12.3. The minimum atomic E-state index is 0.564. The average molecular weight is 374 g/mol. The third-order valence-electron chi connectivity index (χ3n) is 4.45. The van der Waals surface area contributed by atoms with Crippen molar-refractivity contribution in [3.8, 4) is 0 Å². The molecule has 1 aliphatic rings. The number of halogens is 2. The molecule has 4 heteroatoms. The maximum absolute atomic E-state index is 6.40. The minimum Gasteiger partial charge on any atom is -0.311 e. The zero-order valence-corrected chi connectivity index (χ0v) is 15.7. The van der Waals surface area contributed by atoms with E-state index in [9.17, 15) is 0 Å². The van der Waals surface area contributed by atoms with Crippen LogP contribution in [-0.4, -0.2) is 30.1 Å². The van der Waals surface area contributed by atoms with Gasteiger partial charge in [-0.05, 0) is 29.5 Å². The smallest absolute Gasteiger partial charge is 0.0462 e. The molecule has 1 heterocycles. The van der Waals surface area contributed by atoms with Crippen molar-refractivity contribution in [2.24, 2.45) is 11.8 Å². The molecule has 2 rings (SSSR count). The van der Waals surface area contributed by atoms with Gasteiger partial charge in [0.1, 0.15) is 0 Å². The van der Waals surface area contributed by atoms with Gasteiger partial charge in [-0.3, -0.25) is 4.90 Å². The second-order valence-corrected chi connectivity index (χ2v) is 8.06. The van der Waals surface area contributed by atoms with Gasteiger partial charge in [0.05, 0.1) is 0 Å². The fourth-order valence-electron chi connectivity index (χ4n) is 3.01. The first kappa shape index (κ1) is 17.3. The molecule has 2 atom stereocenters. The third kappa shape index (κ3) is 4.44. The first-order chi connectivity index (χ1) is 9.88. The zero-order valence-electron chi connectivity index (χ0n) is 13.4. The summed E-state index contributed by atoms with van der Waals surface area (Å²) in [7, 11) is 0. The summed E-state index contributed by atoms with van der Waals surface area (Å²) in [6, 6.07) is 7.33. The molecule has 21 heavy (non-hydrogen) atoms. The summed E-state index contributed by atoms with van der Waals surface area (Å²) >= 11 is 9.88. The Bertz CT molecular complexity index is 476. The summed E-state index contributed by atoms with van der Waals surface area (Å²) < 4.78 is 1.04. The van der Waals surface area contributed by atoms with Gasteiger partial charge in [0.25, 0.3) is 0 Å². The molecule has 2 nitrogen and oxygen atoms in total. The van der Waals surface area contributed by atoms with Crippen molar-refractivity contribution in [1.82, 2.24) is 10.2 Å². The van der Waals surface area contributed by atoms with E-state index in [2.05, 4.69) is 66.0 Å². The number of nitrogens with one attached hydrogen (secondary N) is 1. The summed E-state index contributed by atoms with van der Waals surface area (Å²) in [4.78, 5) is 2.60. The largest absolute Gasteiger partial charge is 0.311 e. The summed E-state index contributed by atoms with van der Waals surface area (Å²) in [5, 5.41) is 4.56. The Hall–Kier alpha value is -0.0900. The molecule has 0 aromatic heterocycles. The highest BCUT2D eigenvalue weighted by atomic mass is 79.9.